The Hall–Kier alpha value is -2.69. The van der Waals surface area contributed by atoms with E-state index in [0.717, 1.165) is 29.7 Å². The summed E-state index contributed by atoms with van der Waals surface area (Å²) in [5, 5.41) is 2.65. The SMILES string of the molecule is O=C(NCCc1ccc(F)cc1)C(=O)N1CCCc2ccccc21. The fraction of sp³-hybridized carbons (Fsp3) is 0.263. The molecule has 1 aliphatic heterocycles. The zero-order chi connectivity index (χ0) is 16.9. The number of halogens is 1. The van der Waals surface area contributed by atoms with Gasteiger partial charge < -0.3 is 10.2 Å². The average Bonchev–Trinajstić information content (AvgIpc) is 2.62. The van der Waals surface area contributed by atoms with Crippen LogP contribution in [-0.4, -0.2) is 24.9 Å². The summed E-state index contributed by atoms with van der Waals surface area (Å²) in [6.45, 7) is 0.896. The Labute approximate surface area is 140 Å². The van der Waals surface area contributed by atoms with Gasteiger partial charge in [0.15, 0.2) is 0 Å². The lowest BCUT2D eigenvalue weighted by Gasteiger charge is -2.28. The van der Waals surface area contributed by atoms with Crippen LogP contribution in [0.25, 0.3) is 0 Å². The molecule has 0 saturated carbocycles. The van der Waals surface area contributed by atoms with Crippen molar-refractivity contribution < 1.29 is 14.0 Å². The van der Waals surface area contributed by atoms with E-state index in [-0.39, 0.29) is 5.82 Å². The minimum atomic E-state index is -0.603. The number of nitrogens with zero attached hydrogens (tertiary/aromatic N) is 1. The monoisotopic (exact) mass is 326 g/mol. The number of anilines is 1. The van der Waals surface area contributed by atoms with Gasteiger partial charge in [-0.05, 0) is 48.6 Å². The van der Waals surface area contributed by atoms with Crippen molar-refractivity contribution in [3.8, 4) is 0 Å². The van der Waals surface area contributed by atoms with Gasteiger partial charge in [-0.2, -0.15) is 0 Å². The fourth-order valence-electron chi connectivity index (χ4n) is 2.91. The minimum absolute atomic E-state index is 0.290. The first-order valence-electron chi connectivity index (χ1n) is 8.07. The number of amides is 2. The summed E-state index contributed by atoms with van der Waals surface area (Å²) in [6, 6.07) is 13.8. The first kappa shape index (κ1) is 16.2. The molecule has 0 spiro atoms. The molecule has 0 saturated heterocycles. The number of para-hydroxylation sites is 1. The van der Waals surface area contributed by atoms with Gasteiger partial charge in [0.1, 0.15) is 5.82 Å². The molecule has 24 heavy (non-hydrogen) atoms. The second-order valence-electron chi connectivity index (χ2n) is 5.82. The molecule has 0 unspecified atom stereocenters. The Morgan fingerprint density at radius 1 is 1.08 bits per heavy atom. The van der Waals surface area contributed by atoms with Crippen molar-refractivity contribution >= 4 is 17.5 Å². The lowest BCUT2D eigenvalue weighted by Crippen LogP contribution is -2.45. The second-order valence-corrected chi connectivity index (χ2v) is 5.82. The summed E-state index contributed by atoms with van der Waals surface area (Å²) in [6.07, 6.45) is 2.33. The number of carbonyl (C=O) groups excluding carboxylic acids is 2. The van der Waals surface area contributed by atoms with E-state index in [1.807, 2.05) is 24.3 Å². The molecule has 0 fully saturated rings. The molecule has 124 valence electrons. The fourth-order valence-corrected chi connectivity index (χ4v) is 2.91. The molecule has 2 amide bonds. The van der Waals surface area contributed by atoms with Crippen molar-refractivity contribution in [3.05, 3.63) is 65.5 Å². The predicted molar refractivity (Wildman–Crippen MR) is 90.2 cm³/mol. The van der Waals surface area contributed by atoms with E-state index in [2.05, 4.69) is 5.32 Å². The molecule has 1 N–H and O–H groups in total. The second kappa shape index (κ2) is 7.25. The van der Waals surface area contributed by atoms with E-state index >= 15 is 0 Å². The van der Waals surface area contributed by atoms with E-state index in [0.29, 0.717) is 19.5 Å². The van der Waals surface area contributed by atoms with Gasteiger partial charge in [0.2, 0.25) is 0 Å². The summed E-state index contributed by atoms with van der Waals surface area (Å²) in [7, 11) is 0. The molecule has 0 aliphatic carbocycles. The molecule has 0 radical (unpaired) electrons. The van der Waals surface area contributed by atoms with Gasteiger partial charge >= 0.3 is 11.8 Å². The van der Waals surface area contributed by atoms with Gasteiger partial charge in [0.25, 0.3) is 0 Å². The normalized spacial score (nSPS) is 13.3. The van der Waals surface area contributed by atoms with E-state index in [9.17, 15) is 14.0 Å². The highest BCUT2D eigenvalue weighted by atomic mass is 19.1. The number of aryl methyl sites for hydroxylation is 1. The van der Waals surface area contributed by atoms with Crippen LogP contribution in [0.5, 0.6) is 0 Å². The Kier molecular flexibility index (Phi) is 4.89. The average molecular weight is 326 g/mol. The van der Waals surface area contributed by atoms with Crippen LogP contribution in [0.15, 0.2) is 48.5 Å². The van der Waals surface area contributed by atoms with Crippen LogP contribution in [0.1, 0.15) is 17.5 Å². The summed E-state index contributed by atoms with van der Waals surface area (Å²) in [5.74, 6) is -1.42. The first-order valence-corrected chi connectivity index (χ1v) is 8.07. The lowest BCUT2D eigenvalue weighted by atomic mass is 10.0. The van der Waals surface area contributed by atoms with Gasteiger partial charge in [-0.15, -0.1) is 0 Å². The predicted octanol–water partition coefficient (Wildman–Crippen LogP) is 2.46. The molecule has 1 heterocycles. The smallest absolute Gasteiger partial charge is 0.316 e. The Morgan fingerprint density at radius 3 is 2.62 bits per heavy atom. The molecule has 5 heteroatoms. The summed E-state index contributed by atoms with van der Waals surface area (Å²) in [5.41, 5.74) is 2.83. The number of rotatable bonds is 3. The maximum absolute atomic E-state index is 12.9. The molecule has 2 aromatic carbocycles. The number of fused-ring (bicyclic) bond motifs is 1. The molecule has 3 rings (SSSR count). The third-order valence-corrected chi connectivity index (χ3v) is 4.16. The first-order chi connectivity index (χ1) is 11.6. The lowest BCUT2D eigenvalue weighted by molar-refractivity contribution is -0.137. The number of nitrogens with one attached hydrogen (secondary N) is 1. The van der Waals surface area contributed by atoms with Crippen molar-refractivity contribution in [2.75, 3.05) is 18.0 Å². The van der Waals surface area contributed by atoms with Crippen LogP contribution >= 0.6 is 0 Å². The summed E-state index contributed by atoms with van der Waals surface area (Å²) >= 11 is 0. The third-order valence-electron chi connectivity index (χ3n) is 4.16. The Bertz CT molecular complexity index is 743. The van der Waals surface area contributed by atoms with Crippen LogP contribution < -0.4 is 10.2 Å². The largest absolute Gasteiger partial charge is 0.347 e. The highest BCUT2D eigenvalue weighted by Gasteiger charge is 2.26. The van der Waals surface area contributed by atoms with E-state index in [4.69, 9.17) is 0 Å². The number of hydrogen-bond donors (Lipinski definition) is 1. The van der Waals surface area contributed by atoms with Crippen LogP contribution in [0.4, 0.5) is 10.1 Å². The van der Waals surface area contributed by atoms with Gasteiger partial charge in [-0.3, -0.25) is 9.59 Å². The maximum atomic E-state index is 12.9. The van der Waals surface area contributed by atoms with Gasteiger partial charge in [0, 0.05) is 18.8 Å². The van der Waals surface area contributed by atoms with E-state index in [1.165, 1.54) is 12.1 Å². The third kappa shape index (κ3) is 3.62. The van der Waals surface area contributed by atoms with Gasteiger partial charge in [-0.1, -0.05) is 30.3 Å². The minimum Gasteiger partial charge on any atom is -0.347 e. The molecule has 4 nitrogen and oxygen atoms in total. The number of hydrogen-bond acceptors (Lipinski definition) is 2. The van der Waals surface area contributed by atoms with Gasteiger partial charge in [-0.25, -0.2) is 4.39 Å². The van der Waals surface area contributed by atoms with Crippen LogP contribution in [-0.2, 0) is 22.4 Å². The van der Waals surface area contributed by atoms with Crippen LogP contribution in [0.3, 0.4) is 0 Å². The molecular weight excluding hydrogens is 307 g/mol. The van der Waals surface area contributed by atoms with E-state index in [1.54, 1.807) is 17.0 Å². The van der Waals surface area contributed by atoms with Crippen molar-refractivity contribution in [1.29, 1.82) is 0 Å². The zero-order valence-corrected chi connectivity index (χ0v) is 13.3. The molecular formula is C19H19FN2O2. The summed E-state index contributed by atoms with van der Waals surface area (Å²) < 4.78 is 12.9. The van der Waals surface area contributed by atoms with Crippen molar-refractivity contribution in [2.24, 2.45) is 0 Å². The Balaban J connectivity index is 1.57. The van der Waals surface area contributed by atoms with Crippen molar-refractivity contribution in [2.45, 2.75) is 19.3 Å². The van der Waals surface area contributed by atoms with Crippen molar-refractivity contribution in [3.63, 3.8) is 0 Å². The highest BCUT2D eigenvalue weighted by Crippen LogP contribution is 2.26. The van der Waals surface area contributed by atoms with Crippen LogP contribution in [0, 0.1) is 5.82 Å². The molecule has 0 bridgehead atoms. The number of benzene rings is 2. The van der Waals surface area contributed by atoms with E-state index < -0.39 is 11.8 Å². The van der Waals surface area contributed by atoms with Crippen LogP contribution in [0.2, 0.25) is 0 Å². The zero-order valence-electron chi connectivity index (χ0n) is 13.3. The molecule has 2 aromatic rings. The highest BCUT2D eigenvalue weighted by molar-refractivity contribution is 6.40. The van der Waals surface area contributed by atoms with Gasteiger partial charge in [0.05, 0.1) is 0 Å². The molecule has 0 aromatic heterocycles. The topological polar surface area (TPSA) is 49.4 Å². The number of carbonyl (C=O) groups is 2. The Morgan fingerprint density at radius 2 is 1.83 bits per heavy atom. The standard InChI is InChI=1S/C19H19FN2O2/c20-16-9-7-14(8-10-16)11-12-21-18(23)19(24)22-13-3-5-15-4-1-2-6-17(15)22/h1-2,4,6-10H,3,5,11-13H2,(H,21,23). The maximum Gasteiger partial charge on any atom is 0.316 e. The quantitative estimate of drug-likeness (QED) is 0.881. The molecule has 1 aliphatic rings. The molecule has 0 atom stereocenters. The van der Waals surface area contributed by atoms with Crippen molar-refractivity contribution in [1.82, 2.24) is 5.32 Å². The summed E-state index contributed by atoms with van der Waals surface area (Å²) in [4.78, 5) is 26.1.